The van der Waals surface area contributed by atoms with Crippen LogP contribution in [0.3, 0.4) is 0 Å². The van der Waals surface area contributed by atoms with Crippen molar-refractivity contribution in [3.63, 3.8) is 0 Å². The van der Waals surface area contributed by atoms with Gasteiger partial charge < -0.3 is 5.73 Å². The molecule has 1 aromatic carbocycles. The molecule has 0 spiro atoms. The maximum Gasteiger partial charge on any atom is 0.418 e. The smallest absolute Gasteiger partial charge is 0.330 e. The first-order chi connectivity index (χ1) is 8.93. The number of rotatable bonds is 3. The Hall–Kier alpha value is -1.62. The Morgan fingerprint density at radius 1 is 1.26 bits per heavy atom. The molecule has 0 unspecified atom stereocenters. The normalized spacial score (nSPS) is 12.1. The Morgan fingerprint density at radius 3 is 2.63 bits per heavy atom. The Morgan fingerprint density at radius 2 is 2.00 bits per heavy atom. The van der Waals surface area contributed by atoms with Crippen molar-refractivity contribution in [2.75, 3.05) is 6.54 Å². The molecule has 0 aliphatic rings. The zero-order valence-corrected chi connectivity index (χ0v) is 10.6. The second-order valence-electron chi connectivity index (χ2n) is 4.52. The lowest BCUT2D eigenvalue weighted by molar-refractivity contribution is -0.136. The van der Waals surface area contributed by atoms with Crippen molar-refractivity contribution < 1.29 is 13.2 Å². The summed E-state index contributed by atoms with van der Waals surface area (Å²) < 4.78 is 38.9. The van der Waals surface area contributed by atoms with Crippen molar-refractivity contribution in [2.45, 2.75) is 25.9 Å². The van der Waals surface area contributed by atoms with Gasteiger partial charge >= 0.3 is 6.18 Å². The van der Waals surface area contributed by atoms with E-state index in [1.54, 1.807) is 13.0 Å². The summed E-state index contributed by atoms with van der Waals surface area (Å²) in [5.41, 5.74) is 6.24. The second kappa shape index (κ2) is 5.17. The highest BCUT2D eigenvalue weighted by Crippen LogP contribution is 2.34. The van der Waals surface area contributed by atoms with Gasteiger partial charge in [0.15, 0.2) is 0 Å². The minimum atomic E-state index is -4.38. The zero-order chi connectivity index (χ0) is 14.0. The Labute approximate surface area is 109 Å². The van der Waals surface area contributed by atoms with Gasteiger partial charge in [0.05, 0.1) is 11.1 Å². The third kappa shape index (κ3) is 2.87. The predicted octanol–water partition coefficient (Wildman–Crippen LogP) is 3.45. The summed E-state index contributed by atoms with van der Waals surface area (Å²) in [5, 5.41) is 0.548. The van der Waals surface area contributed by atoms with Crippen LogP contribution in [-0.4, -0.2) is 11.5 Å². The summed E-state index contributed by atoms with van der Waals surface area (Å²) in [6.07, 6.45) is -3.07. The molecule has 0 aliphatic heterocycles. The SMILES string of the molecule is Cc1cc(CCCN)nc2c(C(F)(F)F)cccc12. The molecule has 2 rings (SSSR count). The van der Waals surface area contributed by atoms with Gasteiger partial charge in [0.25, 0.3) is 0 Å². The number of fused-ring (bicyclic) bond motifs is 1. The molecule has 2 nitrogen and oxygen atoms in total. The van der Waals surface area contributed by atoms with Gasteiger partial charge in [-0.1, -0.05) is 12.1 Å². The topological polar surface area (TPSA) is 38.9 Å². The lowest BCUT2D eigenvalue weighted by atomic mass is 10.0. The van der Waals surface area contributed by atoms with Gasteiger partial charge in [-0.25, -0.2) is 0 Å². The van der Waals surface area contributed by atoms with E-state index in [0.29, 0.717) is 30.5 Å². The van der Waals surface area contributed by atoms with Gasteiger partial charge in [-0.05, 0) is 44.0 Å². The molecule has 2 aromatic rings. The molecule has 0 bridgehead atoms. The van der Waals surface area contributed by atoms with E-state index in [-0.39, 0.29) is 5.52 Å². The summed E-state index contributed by atoms with van der Waals surface area (Å²) in [5.74, 6) is 0. The first-order valence-electron chi connectivity index (χ1n) is 6.10. The largest absolute Gasteiger partial charge is 0.418 e. The fourth-order valence-electron chi connectivity index (χ4n) is 2.13. The minimum Gasteiger partial charge on any atom is -0.330 e. The van der Waals surface area contributed by atoms with E-state index in [0.717, 1.165) is 11.6 Å². The molecule has 1 aromatic heterocycles. The highest BCUT2D eigenvalue weighted by molar-refractivity contribution is 5.85. The van der Waals surface area contributed by atoms with E-state index in [1.807, 2.05) is 6.07 Å². The summed E-state index contributed by atoms with van der Waals surface area (Å²) in [7, 11) is 0. The number of hydrogen-bond acceptors (Lipinski definition) is 2. The molecular weight excluding hydrogens is 253 g/mol. The van der Waals surface area contributed by atoms with Crippen LogP contribution < -0.4 is 5.73 Å². The van der Waals surface area contributed by atoms with Gasteiger partial charge in [-0.15, -0.1) is 0 Å². The zero-order valence-electron chi connectivity index (χ0n) is 10.6. The molecule has 0 atom stereocenters. The van der Waals surface area contributed by atoms with Crippen LogP contribution in [0.1, 0.15) is 23.2 Å². The van der Waals surface area contributed by atoms with E-state index in [4.69, 9.17) is 5.73 Å². The molecule has 0 saturated carbocycles. The number of benzene rings is 1. The van der Waals surface area contributed by atoms with Crippen LogP contribution in [0.25, 0.3) is 10.9 Å². The highest BCUT2D eigenvalue weighted by atomic mass is 19.4. The average molecular weight is 268 g/mol. The number of aryl methyl sites for hydroxylation is 2. The first-order valence-corrected chi connectivity index (χ1v) is 6.10. The van der Waals surface area contributed by atoms with Crippen LogP contribution >= 0.6 is 0 Å². The molecule has 1 heterocycles. The molecule has 0 radical (unpaired) electrons. The van der Waals surface area contributed by atoms with Crippen molar-refractivity contribution in [3.05, 3.63) is 41.1 Å². The van der Waals surface area contributed by atoms with Gasteiger partial charge in [0.1, 0.15) is 0 Å². The van der Waals surface area contributed by atoms with Gasteiger partial charge in [0.2, 0.25) is 0 Å². The predicted molar refractivity (Wildman–Crippen MR) is 68.9 cm³/mol. The van der Waals surface area contributed by atoms with E-state index < -0.39 is 11.7 Å². The van der Waals surface area contributed by atoms with Crippen molar-refractivity contribution >= 4 is 10.9 Å². The van der Waals surface area contributed by atoms with E-state index >= 15 is 0 Å². The number of pyridine rings is 1. The van der Waals surface area contributed by atoms with Gasteiger partial charge in [0, 0.05) is 11.1 Å². The average Bonchev–Trinajstić information content (AvgIpc) is 2.34. The first kappa shape index (κ1) is 13.8. The lowest BCUT2D eigenvalue weighted by Crippen LogP contribution is -2.08. The molecule has 102 valence electrons. The molecular formula is C14H15F3N2. The summed E-state index contributed by atoms with van der Waals surface area (Å²) in [6, 6.07) is 5.98. The molecule has 0 saturated heterocycles. The van der Waals surface area contributed by atoms with Crippen LogP contribution in [0.5, 0.6) is 0 Å². The fourth-order valence-corrected chi connectivity index (χ4v) is 2.13. The maximum atomic E-state index is 13.0. The minimum absolute atomic E-state index is 0.0296. The molecule has 0 amide bonds. The second-order valence-corrected chi connectivity index (χ2v) is 4.52. The number of alkyl halides is 3. The van der Waals surface area contributed by atoms with Crippen molar-refractivity contribution in [1.29, 1.82) is 0 Å². The fraction of sp³-hybridized carbons (Fsp3) is 0.357. The summed E-state index contributed by atoms with van der Waals surface area (Å²) >= 11 is 0. The van der Waals surface area contributed by atoms with E-state index in [2.05, 4.69) is 4.98 Å². The van der Waals surface area contributed by atoms with Gasteiger partial charge in [-0.2, -0.15) is 13.2 Å². The van der Waals surface area contributed by atoms with Crippen LogP contribution in [0.4, 0.5) is 13.2 Å². The van der Waals surface area contributed by atoms with E-state index in [1.165, 1.54) is 6.07 Å². The number of para-hydroxylation sites is 1. The standard InChI is InChI=1S/C14H15F3N2/c1-9-8-10(4-3-7-18)19-13-11(9)5-2-6-12(13)14(15,16)17/h2,5-6,8H,3-4,7,18H2,1H3. The lowest BCUT2D eigenvalue weighted by Gasteiger charge is -2.12. The Balaban J connectivity index is 2.62. The number of aromatic nitrogens is 1. The molecule has 0 fully saturated rings. The summed E-state index contributed by atoms with van der Waals surface area (Å²) in [4.78, 5) is 4.16. The van der Waals surface area contributed by atoms with E-state index in [9.17, 15) is 13.2 Å². The molecule has 2 N–H and O–H groups in total. The quantitative estimate of drug-likeness (QED) is 0.926. The maximum absolute atomic E-state index is 13.0. The van der Waals surface area contributed by atoms with Crippen LogP contribution in [0.2, 0.25) is 0 Å². The third-order valence-electron chi connectivity index (χ3n) is 3.04. The number of hydrogen-bond donors (Lipinski definition) is 1. The number of halogens is 3. The van der Waals surface area contributed by atoms with Gasteiger partial charge in [-0.3, -0.25) is 4.98 Å². The molecule has 19 heavy (non-hydrogen) atoms. The highest BCUT2D eigenvalue weighted by Gasteiger charge is 2.33. The molecule has 5 heteroatoms. The monoisotopic (exact) mass is 268 g/mol. The Kier molecular flexibility index (Phi) is 3.75. The Bertz CT molecular complexity index is 591. The number of nitrogens with two attached hydrogens (primary N) is 1. The van der Waals surface area contributed by atoms with Crippen molar-refractivity contribution in [3.8, 4) is 0 Å². The van der Waals surface area contributed by atoms with Crippen LogP contribution in [-0.2, 0) is 12.6 Å². The third-order valence-corrected chi connectivity index (χ3v) is 3.04. The van der Waals surface area contributed by atoms with Crippen molar-refractivity contribution in [1.82, 2.24) is 4.98 Å². The number of nitrogens with zero attached hydrogens (tertiary/aromatic N) is 1. The van der Waals surface area contributed by atoms with Crippen LogP contribution in [0.15, 0.2) is 24.3 Å². The summed E-state index contributed by atoms with van der Waals surface area (Å²) in [6.45, 7) is 2.30. The molecule has 0 aliphatic carbocycles. The van der Waals surface area contributed by atoms with Crippen molar-refractivity contribution in [2.24, 2.45) is 5.73 Å². The van der Waals surface area contributed by atoms with Crippen LogP contribution in [0, 0.1) is 6.92 Å².